The Morgan fingerprint density at radius 2 is 1.63 bits per heavy atom. The van der Waals surface area contributed by atoms with Gasteiger partial charge in [0.1, 0.15) is 6.61 Å². The number of methoxy groups -OCH3 is 1. The molecule has 2 saturated heterocycles. The van der Waals surface area contributed by atoms with Gasteiger partial charge in [-0.1, -0.05) is 13.8 Å². The van der Waals surface area contributed by atoms with Crippen molar-refractivity contribution in [2.45, 2.75) is 52.5 Å². The minimum absolute atomic E-state index is 0.778. The number of hydrogen-bond donors (Lipinski definition) is 2. The van der Waals surface area contributed by atoms with E-state index in [2.05, 4.69) is 9.64 Å². The van der Waals surface area contributed by atoms with E-state index < -0.39 is 12.6 Å². The maximum absolute atomic E-state index is 9.12. The van der Waals surface area contributed by atoms with Crippen molar-refractivity contribution in [3.05, 3.63) is 0 Å². The zero-order valence-corrected chi connectivity index (χ0v) is 12.9. The van der Waals surface area contributed by atoms with Crippen molar-refractivity contribution in [1.82, 2.24) is 4.90 Å². The van der Waals surface area contributed by atoms with Gasteiger partial charge in [-0.15, -0.1) is 0 Å². The summed E-state index contributed by atoms with van der Waals surface area (Å²) in [6.45, 7) is 8.79. The Morgan fingerprint density at radius 3 is 1.84 bits per heavy atom. The first-order valence-electron chi connectivity index (χ1n) is 7.21. The highest BCUT2D eigenvalue weighted by atomic mass is 16.5. The molecule has 116 valence electrons. The first kappa shape index (κ1) is 20.7. The van der Waals surface area contributed by atoms with Crippen LogP contribution in [0.1, 0.15) is 46.5 Å². The SMILES string of the molecule is C1CC2CCCN2C1.CC.CCOC.O=C(O)CO. The third-order valence-corrected chi connectivity index (χ3v) is 2.91. The van der Waals surface area contributed by atoms with E-state index in [1.807, 2.05) is 20.8 Å². The Morgan fingerprint density at radius 1 is 1.26 bits per heavy atom. The van der Waals surface area contributed by atoms with Crippen molar-refractivity contribution in [1.29, 1.82) is 0 Å². The molecule has 2 aliphatic rings. The molecular weight excluding hydrogens is 246 g/mol. The molecule has 5 nitrogen and oxygen atoms in total. The molecule has 19 heavy (non-hydrogen) atoms. The number of carbonyl (C=O) groups is 1. The lowest BCUT2D eigenvalue weighted by Crippen LogP contribution is -2.21. The van der Waals surface area contributed by atoms with Crippen molar-refractivity contribution < 1.29 is 19.7 Å². The summed E-state index contributed by atoms with van der Waals surface area (Å²) in [5.74, 6) is -1.19. The topological polar surface area (TPSA) is 70.0 Å². The summed E-state index contributed by atoms with van der Waals surface area (Å²) < 4.78 is 4.54. The van der Waals surface area contributed by atoms with Gasteiger partial charge in [0, 0.05) is 19.8 Å². The van der Waals surface area contributed by atoms with Gasteiger partial charge in [-0.05, 0) is 45.7 Å². The van der Waals surface area contributed by atoms with Crippen molar-refractivity contribution in [2.24, 2.45) is 0 Å². The van der Waals surface area contributed by atoms with E-state index in [9.17, 15) is 0 Å². The first-order chi connectivity index (χ1) is 9.15. The van der Waals surface area contributed by atoms with Crippen LogP contribution in [0.4, 0.5) is 0 Å². The van der Waals surface area contributed by atoms with Gasteiger partial charge in [-0.2, -0.15) is 0 Å². The second kappa shape index (κ2) is 15.4. The molecule has 2 rings (SSSR count). The second-order valence-electron chi connectivity index (χ2n) is 4.10. The highest BCUT2D eigenvalue weighted by molar-refractivity contribution is 5.67. The molecule has 0 saturated carbocycles. The van der Waals surface area contributed by atoms with E-state index >= 15 is 0 Å². The molecule has 2 aliphatic heterocycles. The van der Waals surface area contributed by atoms with Crippen LogP contribution in [0.2, 0.25) is 0 Å². The largest absolute Gasteiger partial charge is 0.480 e. The zero-order chi connectivity index (χ0) is 15.1. The maximum Gasteiger partial charge on any atom is 0.329 e. The molecule has 0 unspecified atom stereocenters. The number of aliphatic hydroxyl groups is 1. The van der Waals surface area contributed by atoms with Crippen LogP contribution in [0.15, 0.2) is 0 Å². The lowest BCUT2D eigenvalue weighted by Gasteiger charge is -2.11. The number of aliphatic hydroxyl groups excluding tert-OH is 1. The van der Waals surface area contributed by atoms with Crippen molar-refractivity contribution in [2.75, 3.05) is 33.4 Å². The normalized spacial score (nSPS) is 17.1. The molecule has 0 amide bonds. The number of ether oxygens (including phenoxy) is 1. The van der Waals surface area contributed by atoms with E-state index in [-0.39, 0.29) is 0 Å². The molecule has 0 aliphatic carbocycles. The predicted molar refractivity (Wildman–Crippen MR) is 77.4 cm³/mol. The molecule has 0 radical (unpaired) electrons. The Kier molecular flexibility index (Phi) is 16.8. The first-order valence-corrected chi connectivity index (χ1v) is 7.21. The van der Waals surface area contributed by atoms with Gasteiger partial charge in [0.15, 0.2) is 0 Å². The number of nitrogens with zero attached hydrogens (tertiary/aromatic N) is 1. The average molecular weight is 277 g/mol. The summed E-state index contributed by atoms with van der Waals surface area (Å²) in [6, 6.07) is 1.01. The summed E-state index contributed by atoms with van der Waals surface area (Å²) in [6.07, 6.45) is 5.90. The van der Waals surface area contributed by atoms with Gasteiger partial charge in [0.05, 0.1) is 0 Å². The lowest BCUT2D eigenvalue weighted by atomic mass is 10.2. The van der Waals surface area contributed by atoms with Gasteiger partial charge < -0.3 is 19.8 Å². The highest BCUT2D eigenvalue weighted by Gasteiger charge is 2.27. The second-order valence-corrected chi connectivity index (χ2v) is 4.10. The van der Waals surface area contributed by atoms with Crippen LogP contribution < -0.4 is 0 Å². The number of rotatable bonds is 2. The zero-order valence-electron chi connectivity index (χ0n) is 12.9. The maximum atomic E-state index is 9.12. The van der Waals surface area contributed by atoms with Crippen molar-refractivity contribution in [3.8, 4) is 0 Å². The van der Waals surface area contributed by atoms with Gasteiger partial charge >= 0.3 is 5.97 Å². The fraction of sp³-hybridized carbons (Fsp3) is 0.929. The van der Waals surface area contributed by atoms with Crippen molar-refractivity contribution >= 4 is 5.97 Å². The number of hydrogen-bond acceptors (Lipinski definition) is 4. The van der Waals surface area contributed by atoms with E-state index in [0.717, 1.165) is 12.6 Å². The average Bonchev–Trinajstić information content (AvgIpc) is 3.05. The predicted octanol–water partition coefficient (Wildman–Crippen LogP) is 1.99. The van der Waals surface area contributed by atoms with Crippen LogP contribution in [0, 0.1) is 0 Å². The quantitative estimate of drug-likeness (QED) is 0.807. The molecular formula is C14H31NO4. The van der Waals surface area contributed by atoms with E-state index in [4.69, 9.17) is 15.0 Å². The summed E-state index contributed by atoms with van der Waals surface area (Å²) in [5.41, 5.74) is 0. The number of carboxylic acids is 1. The molecule has 0 aromatic carbocycles. The third kappa shape index (κ3) is 12.1. The summed E-state index contributed by atoms with van der Waals surface area (Å²) in [5, 5.41) is 15.0. The van der Waals surface area contributed by atoms with Crippen LogP contribution >= 0.6 is 0 Å². The lowest BCUT2D eigenvalue weighted by molar-refractivity contribution is -0.140. The Labute approximate surface area is 117 Å². The summed E-state index contributed by atoms with van der Waals surface area (Å²) in [4.78, 5) is 11.8. The summed E-state index contributed by atoms with van der Waals surface area (Å²) >= 11 is 0. The van der Waals surface area contributed by atoms with Gasteiger partial charge in [-0.3, -0.25) is 0 Å². The van der Waals surface area contributed by atoms with Crippen LogP contribution in [0.25, 0.3) is 0 Å². The molecule has 0 atom stereocenters. The molecule has 2 fully saturated rings. The number of carboxylic acid groups (broad SMARTS) is 1. The van der Waals surface area contributed by atoms with Gasteiger partial charge in [0.2, 0.25) is 0 Å². The van der Waals surface area contributed by atoms with Crippen LogP contribution in [-0.2, 0) is 9.53 Å². The standard InChI is InChI=1S/C7H13N.C3H8O.C2H4O3.C2H6/c1-3-7-4-2-6-8(7)5-1;1-3-4-2;3-1-2(4)5;1-2/h7H,1-6H2;3H2,1-2H3;3H,1H2,(H,4,5);1-2H3. The number of aliphatic carboxylic acids is 1. The van der Waals surface area contributed by atoms with Crippen LogP contribution in [0.5, 0.6) is 0 Å². The molecule has 0 bridgehead atoms. The molecule has 2 N–H and O–H groups in total. The highest BCUT2D eigenvalue weighted by Crippen LogP contribution is 2.26. The minimum atomic E-state index is -1.19. The van der Waals surface area contributed by atoms with E-state index in [1.165, 1.54) is 38.8 Å². The fourth-order valence-electron chi connectivity index (χ4n) is 2.05. The molecule has 0 aromatic rings. The monoisotopic (exact) mass is 277 g/mol. The molecule has 0 spiro atoms. The Balaban J connectivity index is 0. The van der Waals surface area contributed by atoms with Crippen LogP contribution in [-0.4, -0.2) is 60.5 Å². The smallest absolute Gasteiger partial charge is 0.329 e. The van der Waals surface area contributed by atoms with E-state index in [1.54, 1.807) is 7.11 Å². The van der Waals surface area contributed by atoms with Gasteiger partial charge in [0.25, 0.3) is 0 Å². The molecule has 0 aromatic heterocycles. The Bertz CT molecular complexity index is 178. The summed E-state index contributed by atoms with van der Waals surface area (Å²) in [7, 11) is 1.68. The molecule has 5 heteroatoms. The van der Waals surface area contributed by atoms with Crippen LogP contribution in [0.3, 0.4) is 0 Å². The number of fused-ring (bicyclic) bond motifs is 1. The van der Waals surface area contributed by atoms with Crippen molar-refractivity contribution in [3.63, 3.8) is 0 Å². The molecule has 2 heterocycles. The fourth-order valence-corrected chi connectivity index (χ4v) is 2.05. The van der Waals surface area contributed by atoms with E-state index in [0.29, 0.717) is 0 Å². The third-order valence-electron chi connectivity index (χ3n) is 2.91. The van der Waals surface area contributed by atoms with Gasteiger partial charge in [-0.25, -0.2) is 4.79 Å². The minimum Gasteiger partial charge on any atom is -0.480 e. The Hall–Kier alpha value is -0.650.